The fraction of sp³-hybridized carbons (Fsp3) is 0.353. The number of furan rings is 1. The topological polar surface area (TPSA) is 76.4 Å². The van der Waals surface area contributed by atoms with Crippen molar-refractivity contribution in [1.82, 2.24) is 5.32 Å². The van der Waals surface area contributed by atoms with Gasteiger partial charge in [-0.3, -0.25) is 4.79 Å². The highest BCUT2D eigenvalue weighted by Gasteiger charge is 2.31. The van der Waals surface area contributed by atoms with Crippen LogP contribution >= 0.6 is 0 Å². The number of sulfone groups is 1. The molecule has 2 aromatic rings. The van der Waals surface area contributed by atoms with E-state index in [2.05, 4.69) is 5.32 Å². The molecule has 2 rings (SSSR count). The van der Waals surface area contributed by atoms with Gasteiger partial charge in [-0.05, 0) is 37.6 Å². The number of carbonyl (C=O) groups is 1. The van der Waals surface area contributed by atoms with Crippen LogP contribution in [0.5, 0.6) is 0 Å². The lowest BCUT2D eigenvalue weighted by molar-refractivity contribution is -0.121. The second-order valence-electron chi connectivity index (χ2n) is 5.42. The van der Waals surface area contributed by atoms with Gasteiger partial charge in [0.2, 0.25) is 5.91 Å². The average Bonchev–Trinajstić information content (AvgIpc) is 3.02. The van der Waals surface area contributed by atoms with Crippen molar-refractivity contribution in [2.75, 3.05) is 6.54 Å². The van der Waals surface area contributed by atoms with Crippen molar-refractivity contribution in [1.29, 1.82) is 0 Å². The van der Waals surface area contributed by atoms with E-state index in [1.807, 2.05) is 13.8 Å². The fourth-order valence-electron chi connectivity index (χ4n) is 2.25. The summed E-state index contributed by atoms with van der Waals surface area (Å²) < 4.78 is 31.1. The van der Waals surface area contributed by atoms with Crippen LogP contribution in [0.1, 0.15) is 36.3 Å². The van der Waals surface area contributed by atoms with Crippen LogP contribution in [0.2, 0.25) is 0 Å². The highest BCUT2D eigenvalue weighted by atomic mass is 32.2. The number of benzene rings is 1. The minimum absolute atomic E-state index is 0.0114. The third-order valence-corrected chi connectivity index (χ3v) is 5.62. The minimum Gasteiger partial charge on any atom is -0.468 e. The van der Waals surface area contributed by atoms with Gasteiger partial charge in [-0.1, -0.05) is 24.6 Å². The maximum absolute atomic E-state index is 12.9. The normalized spacial score (nSPS) is 12.8. The lowest BCUT2D eigenvalue weighted by atomic mass is 10.2. The first-order valence-corrected chi connectivity index (χ1v) is 9.10. The molecule has 6 heteroatoms. The molecule has 23 heavy (non-hydrogen) atoms. The summed E-state index contributed by atoms with van der Waals surface area (Å²) in [6.45, 7) is 3.78. The van der Waals surface area contributed by atoms with Gasteiger partial charge in [0.25, 0.3) is 0 Å². The van der Waals surface area contributed by atoms with E-state index in [4.69, 9.17) is 4.42 Å². The van der Waals surface area contributed by atoms with Crippen LogP contribution < -0.4 is 5.32 Å². The molecule has 0 spiro atoms. The predicted molar refractivity (Wildman–Crippen MR) is 87.7 cm³/mol. The zero-order valence-electron chi connectivity index (χ0n) is 13.3. The molecule has 1 N–H and O–H groups in total. The number of aryl methyl sites for hydroxylation is 1. The van der Waals surface area contributed by atoms with Gasteiger partial charge in [-0.2, -0.15) is 0 Å². The molecule has 0 saturated carbocycles. The zero-order valence-corrected chi connectivity index (χ0v) is 14.1. The van der Waals surface area contributed by atoms with Crippen molar-refractivity contribution in [3.05, 3.63) is 54.0 Å². The van der Waals surface area contributed by atoms with Gasteiger partial charge >= 0.3 is 0 Å². The van der Waals surface area contributed by atoms with Crippen molar-refractivity contribution in [3.63, 3.8) is 0 Å². The van der Waals surface area contributed by atoms with Crippen LogP contribution in [0.4, 0.5) is 0 Å². The summed E-state index contributed by atoms with van der Waals surface area (Å²) in [6.07, 6.45) is 2.51. The first-order chi connectivity index (χ1) is 10.9. The number of amides is 1. The van der Waals surface area contributed by atoms with Crippen LogP contribution in [-0.4, -0.2) is 20.9 Å². The van der Waals surface area contributed by atoms with Gasteiger partial charge in [0.15, 0.2) is 9.84 Å². The summed E-state index contributed by atoms with van der Waals surface area (Å²) in [5.41, 5.74) is 0.981. The molecule has 1 amide bonds. The lowest BCUT2D eigenvalue weighted by Crippen LogP contribution is -2.31. The second kappa shape index (κ2) is 7.46. The molecule has 0 aliphatic carbocycles. The zero-order chi connectivity index (χ0) is 16.9. The molecular weight excluding hydrogens is 314 g/mol. The Labute approximate surface area is 136 Å². The van der Waals surface area contributed by atoms with Crippen LogP contribution in [0.25, 0.3) is 0 Å². The molecule has 1 aromatic carbocycles. The maximum atomic E-state index is 12.9. The number of carbonyl (C=O) groups excluding carboxylic acids is 1. The molecule has 0 aliphatic rings. The fourth-order valence-corrected chi connectivity index (χ4v) is 3.84. The van der Waals surface area contributed by atoms with Crippen molar-refractivity contribution in [2.24, 2.45) is 0 Å². The van der Waals surface area contributed by atoms with E-state index in [1.54, 1.807) is 36.4 Å². The molecule has 1 heterocycles. The standard InChI is InChI=1S/C17H21NO4S/c1-3-5-17(19)18-12-16(15-6-4-11-22-15)23(20,21)14-9-7-13(2)8-10-14/h4,6-11,16H,3,5,12H2,1-2H3,(H,18,19). The molecule has 5 nitrogen and oxygen atoms in total. The Hall–Kier alpha value is -2.08. The van der Waals surface area contributed by atoms with E-state index in [0.717, 1.165) is 5.56 Å². The van der Waals surface area contributed by atoms with Gasteiger partial charge in [0.1, 0.15) is 11.0 Å². The first kappa shape index (κ1) is 17.3. The highest BCUT2D eigenvalue weighted by molar-refractivity contribution is 7.91. The van der Waals surface area contributed by atoms with Gasteiger partial charge in [-0.25, -0.2) is 8.42 Å². The molecule has 124 valence electrons. The van der Waals surface area contributed by atoms with Crippen LogP contribution in [-0.2, 0) is 14.6 Å². The smallest absolute Gasteiger partial charge is 0.220 e. The summed E-state index contributed by atoms with van der Waals surface area (Å²) in [7, 11) is -3.66. The molecule has 1 unspecified atom stereocenters. The summed E-state index contributed by atoms with van der Waals surface area (Å²) >= 11 is 0. The largest absolute Gasteiger partial charge is 0.468 e. The first-order valence-electron chi connectivity index (χ1n) is 7.55. The summed E-state index contributed by atoms with van der Waals surface area (Å²) in [6, 6.07) is 9.91. The molecule has 0 radical (unpaired) electrons. The maximum Gasteiger partial charge on any atom is 0.220 e. The van der Waals surface area contributed by atoms with E-state index >= 15 is 0 Å². The van der Waals surface area contributed by atoms with Gasteiger partial charge < -0.3 is 9.73 Å². The molecule has 0 fully saturated rings. The molecule has 1 aromatic heterocycles. The number of rotatable bonds is 7. The third-order valence-electron chi connectivity index (χ3n) is 3.55. The lowest BCUT2D eigenvalue weighted by Gasteiger charge is -2.16. The Kier molecular flexibility index (Phi) is 5.60. The van der Waals surface area contributed by atoms with Crippen molar-refractivity contribution >= 4 is 15.7 Å². The van der Waals surface area contributed by atoms with E-state index in [-0.39, 0.29) is 17.3 Å². The van der Waals surface area contributed by atoms with E-state index in [0.29, 0.717) is 18.6 Å². The monoisotopic (exact) mass is 335 g/mol. The van der Waals surface area contributed by atoms with Crippen molar-refractivity contribution < 1.29 is 17.6 Å². The van der Waals surface area contributed by atoms with Crippen LogP contribution in [0, 0.1) is 6.92 Å². The minimum atomic E-state index is -3.66. The third kappa shape index (κ3) is 4.22. The van der Waals surface area contributed by atoms with E-state index < -0.39 is 15.1 Å². The molecule has 0 aliphatic heterocycles. The number of nitrogens with one attached hydrogen (secondary N) is 1. The van der Waals surface area contributed by atoms with Crippen LogP contribution in [0.3, 0.4) is 0 Å². The molecule has 0 saturated heterocycles. The summed E-state index contributed by atoms with van der Waals surface area (Å²) in [5, 5.41) is 1.74. The van der Waals surface area contributed by atoms with E-state index in [9.17, 15) is 13.2 Å². The van der Waals surface area contributed by atoms with Gasteiger partial charge in [-0.15, -0.1) is 0 Å². The number of hydrogen-bond acceptors (Lipinski definition) is 4. The SMILES string of the molecule is CCCC(=O)NCC(c1ccco1)S(=O)(=O)c1ccc(C)cc1. The predicted octanol–water partition coefficient (Wildman–Crippen LogP) is 3.02. The van der Waals surface area contributed by atoms with Crippen molar-refractivity contribution in [3.8, 4) is 0 Å². The Morgan fingerprint density at radius 3 is 2.48 bits per heavy atom. The quantitative estimate of drug-likeness (QED) is 0.844. The Morgan fingerprint density at radius 1 is 1.22 bits per heavy atom. The molecular formula is C17H21NO4S. The van der Waals surface area contributed by atoms with Crippen molar-refractivity contribution in [2.45, 2.75) is 36.8 Å². The highest BCUT2D eigenvalue weighted by Crippen LogP contribution is 2.29. The number of hydrogen-bond donors (Lipinski definition) is 1. The molecule has 1 atom stereocenters. The Morgan fingerprint density at radius 2 is 1.91 bits per heavy atom. The Bertz CT molecular complexity index is 733. The average molecular weight is 335 g/mol. The summed E-state index contributed by atoms with van der Waals surface area (Å²) in [5.74, 6) is 0.158. The van der Waals surface area contributed by atoms with Crippen LogP contribution in [0.15, 0.2) is 52.0 Å². The molecule has 0 bridgehead atoms. The second-order valence-corrected chi connectivity index (χ2v) is 7.55. The van der Waals surface area contributed by atoms with Gasteiger partial charge in [0, 0.05) is 13.0 Å². The summed E-state index contributed by atoms with van der Waals surface area (Å²) in [4.78, 5) is 11.9. The Balaban J connectivity index is 2.29. The van der Waals surface area contributed by atoms with Gasteiger partial charge in [0.05, 0.1) is 11.2 Å². The van der Waals surface area contributed by atoms with E-state index in [1.165, 1.54) is 6.26 Å².